The van der Waals surface area contributed by atoms with Crippen molar-refractivity contribution in [3.8, 4) is 0 Å². The van der Waals surface area contributed by atoms with E-state index in [1.54, 1.807) is 4.90 Å². The molecule has 1 saturated carbocycles. The van der Waals surface area contributed by atoms with Crippen LogP contribution in [0, 0.1) is 23.0 Å². The molecule has 1 heterocycles. The lowest BCUT2D eigenvalue weighted by atomic mass is 9.81. The number of halogens is 2. The number of likely N-dealkylation sites (tertiary alicyclic amines) is 1. The first-order valence-corrected chi connectivity index (χ1v) is 9.08. The van der Waals surface area contributed by atoms with E-state index in [4.69, 9.17) is 0 Å². The van der Waals surface area contributed by atoms with E-state index in [-0.39, 0.29) is 36.9 Å². The summed E-state index contributed by atoms with van der Waals surface area (Å²) in [4.78, 5) is 37.5. The van der Waals surface area contributed by atoms with Crippen molar-refractivity contribution in [2.45, 2.75) is 32.1 Å². The van der Waals surface area contributed by atoms with Gasteiger partial charge in [-0.2, -0.15) is 0 Å². The van der Waals surface area contributed by atoms with E-state index in [1.165, 1.54) is 0 Å². The molecule has 27 heavy (non-hydrogen) atoms. The van der Waals surface area contributed by atoms with Crippen molar-refractivity contribution in [2.24, 2.45) is 11.3 Å². The number of carbonyl (C=O) groups is 3. The van der Waals surface area contributed by atoms with Gasteiger partial charge in [0, 0.05) is 32.1 Å². The van der Waals surface area contributed by atoms with Crippen LogP contribution in [0.15, 0.2) is 18.2 Å². The number of hydrogen-bond acceptors (Lipinski definition) is 3. The van der Waals surface area contributed by atoms with Crippen LogP contribution < -0.4 is 5.32 Å². The Balaban J connectivity index is 1.45. The number of carboxylic acid groups (broad SMARTS) is 1. The molecule has 146 valence electrons. The van der Waals surface area contributed by atoms with E-state index in [0.717, 1.165) is 25.0 Å². The number of fused-ring (bicyclic) bond motifs is 1. The first-order chi connectivity index (χ1) is 12.8. The van der Waals surface area contributed by atoms with Gasteiger partial charge in [0.1, 0.15) is 11.6 Å². The van der Waals surface area contributed by atoms with Crippen LogP contribution in [0.3, 0.4) is 0 Å². The second-order valence-electron chi connectivity index (χ2n) is 7.31. The molecule has 0 bridgehead atoms. The average Bonchev–Trinajstić information content (AvgIpc) is 3.16. The maximum atomic E-state index is 13.5. The summed E-state index contributed by atoms with van der Waals surface area (Å²) in [5.74, 6) is -3.31. The second kappa shape index (κ2) is 7.62. The SMILES string of the molecule is O=C(NCCCC(=O)N1C[C@@H]2CCC[C@@]2(C(=O)O)C1)c1ccc(F)cc1F. The van der Waals surface area contributed by atoms with Gasteiger partial charge in [-0.25, -0.2) is 8.78 Å². The zero-order valence-electron chi connectivity index (χ0n) is 14.8. The van der Waals surface area contributed by atoms with E-state index in [9.17, 15) is 28.3 Å². The molecule has 1 aromatic carbocycles. The third-order valence-electron chi connectivity index (χ3n) is 5.68. The number of hydrogen-bond donors (Lipinski definition) is 2. The summed E-state index contributed by atoms with van der Waals surface area (Å²) in [6, 6.07) is 2.71. The minimum atomic E-state index is -0.939. The first-order valence-electron chi connectivity index (χ1n) is 9.08. The van der Waals surface area contributed by atoms with Gasteiger partial charge in [-0.3, -0.25) is 14.4 Å². The van der Waals surface area contributed by atoms with Crippen molar-refractivity contribution in [1.29, 1.82) is 0 Å². The van der Waals surface area contributed by atoms with Gasteiger partial charge >= 0.3 is 5.97 Å². The maximum absolute atomic E-state index is 13.5. The van der Waals surface area contributed by atoms with Crippen molar-refractivity contribution >= 4 is 17.8 Å². The molecule has 6 nitrogen and oxygen atoms in total. The third-order valence-corrected chi connectivity index (χ3v) is 5.68. The van der Waals surface area contributed by atoms with Crippen LogP contribution in [0.2, 0.25) is 0 Å². The van der Waals surface area contributed by atoms with E-state index in [2.05, 4.69) is 5.32 Å². The summed E-state index contributed by atoms with van der Waals surface area (Å²) >= 11 is 0. The maximum Gasteiger partial charge on any atom is 0.311 e. The Hall–Kier alpha value is -2.51. The fourth-order valence-corrected chi connectivity index (χ4v) is 4.20. The quantitative estimate of drug-likeness (QED) is 0.741. The third kappa shape index (κ3) is 3.79. The predicted molar refractivity (Wildman–Crippen MR) is 91.9 cm³/mol. The molecule has 1 aromatic rings. The van der Waals surface area contributed by atoms with Crippen LogP contribution in [-0.4, -0.2) is 47.4 Å². The van der Waals surface area contributed by atoms with Gasteiger partial charge in [-0.1, -0.05) is 6.42 Å². The van der Waals surface area contributed by atoms with Crippen LogP contribution in [0.25, 0.3) is 0 Å². The van der Waals surface area contributed by atoms with E-state index >= 15 is 0 Å². The normalized spacial score (nSPS) is 23.9. The van der Waals surface area contributed by atoms with E-state index in [0.29, 0.717) is 25.5 Å². The van der Waals surface area contributed by atoms with Crippen molar-refractivity contribution in [3.05, 3.63) is 35.4 Å². The highest BCUT2D eigenvalue weighted by molar-refractivity contribution is 5.94. The van der Waals surface area contributed by atoms with E-state index in [1.807, 2.05) is 0 Å². The highest BCUT2D eigenvalue weighted by atomic mass is 19.1. The Morgan fingerprint density at radius 3 is 2.74 bits per heavy atom. The molecule has 0 spiro atoms. The van der Waals surface area contributed by atoms with Gasteiger partial charge in [0.25, 0.3) is 5.91 Å². The molecule has 2 N–H and O–H groups in total. The molecule has 2 aliphatic rings. The number of aliphatic carboxylic acids is 1. The molecule has 8 heteroatoms. The standard InChI is InChI=1S/C19H22F2N2O4/c20-13-5-6-14(15(21)9-13)17(25)22-8-2-4-16(24)23-10-12-3-1-7-19(12,11-23)18(26)27/h5-6,9,12H,1-4,7-8,10-11H2,(H,22,25)(H,26,27)/t12-,19+/m0/s1. The van der Waals surface area contributed by atoms with Crippen molar-refractivity contribution in [2.75, 3.05) is 19.6 Å². The smallest absolute Gasteiger partial charge is 0.311 e. The summed E-state index contributed by atoms with van der Waals surface area (Å²) in [6.45, 7) is 0.889. The number of rotatable bonds is 6. The summed E-state index contributed by atoms with van der Waals surface area (Å²) in [5.41, 5.74) is -1.05. The van der Waals surface area contributed by atoms with Crippen molar-refractivity contribution in [3.63, 3.8) is 0 Å². The number of nitrogens with zero attached hydrogens (tertiary/aromatic N) is 1. The lowest BCUT2D eigenvalue weighted by Crippen LogP contribution is -2.37. The van der Waals surface area contributed by atoms with Crippen LogP contribution in [0.1, 0.15) is 42.5 Å². The zero-order chi connectivity index (χ0) is 19.6. The Bertz CT molecular complexity index is 770. The lowest BCUT2D eigenvalue weighted by Gasteiger charge is -2.23. The molecule has 0 radical (unpaired) electrons. The molecule has 1 aliphatic heterocycles. The van der Waals surface area contributed by atoms with Crippen molar-refractivity contribution in [1.82, 2.24) is 10.2 Å². The fourth-order valence-electron chi connectivity index (χ4n) is 4.20. The topological polar surface area (TPSA) is 86.7 Å². The van der Waals surface area contributed by atoms with Gasteiger partial charge in [0.2, 0.25) is 5.91 Å². The van der Waals surface area contributed by atoms with Gasteiger partial charge in [0.05, 0.1) is 11.0 Å². The minimum absolute atomic E-state index is 0.0140. The predicted octanol–water partition coefficient (Wildman–Crippen LogP) is 2.19. The molecule has 1 saturated heterocycles. The molecular formula is C19H22F2N2O4. The Kier molecular flexibility index (Phi) is 5.43. The molecule has 2 fully saturated rings. The van der Waals surface area contributed by atoms with Gasteiger partial charge in [-0.05, 0) is 37.3 Å². The minimum Gasteiger partial charge on any atom is -0.481 e. The molecule has 3 rings (SSSR count). The Labute approximate surface area is 155 Å². The van der Waals surface area contributed by atoms with Crippen LogP contribution >= 0.6 is 0 Å². The highest BCUT2D eigenvalue weighted by Gasteiger charge is 2.55. The second-order valence-corrected chi connectivity index (χ2v) is 7.31. The summed E-state index contributed by atoms with van der Waals surface area (Å²) in [7, 11) is 0. The van der Waals surface area contributed by atoms with Gasteiger partial charge in [-0.15, -0.1) is 0 Å². The zero-order valence-corrected chi connectivity index (χ0v) is 14.8. The Morgan fingerprint density at radius 1 is 1.30 bits per heavy atom. The van der Waals surface area contributed by atoms with E-state index < -0.39 is 28.9 Å². The first kappa shape index (κ1) is 19.3. The number of nitrogens with one attached hydrogen (secondary N) is 1. The van der Waals surface area contributed by atoms with Crippen LogP contribution in [-0.2, 0) is 9.59 Å². The lowest BCUT2D eigenvalue weighted by molar-refractivity contribution is -0.149. The number of benzene rings is 1. The van der Waals surface area contributed by atoms with Gasteiger partial charge in [0.15, 0.2) is 0 Å². The highest BCUT2D eigenvalue weighted by Crippen LogP contribution is 2.48. The number of carbonyl (C=O) groups excluding carboxylic acids is 2. The number of amides is 2. The molecule has 2 amide bonds. The molecule has 1 aliphatic carbocycles. The summed E-state index contributed by atoms with van der Waals surface area (Å²) in [6.07, 6.45) is 2.85. The largest absolute Gasteiger partial charge is 0.481 e. The summed E-state index contributed by atoms with van der Waals surface area (Å²) < 4.78 is 26.4. The molecular weight excluding hydrogens is 358 g/mol. The monoisotopic (exact) mass is 380 g/mol. The van der Waals surface area contributed by atoms with Crippen molar-refractivity contribution < 1.29 is 28.3 Å². The molecule has 2 atom stereocenters. The summed E-state index contributed by atoms with van der Waals surface area (Å²) in [5, 5.41) is 12.1. The molecule has 0 unspecified atom stereocenters. The number of carboxylic acids is 1. The van der Waals surface area contributed by atoms with Crippen LogP contribution in [0.5, 0.6) is 0 Å². The Morgan fingerprint density at radius 2 is 2.07 bits per heavy atom. The fraction of sp³-hybridized carbons (Fsp3) is 0.526. The van der Waals surface area contributed by atoms with Crippen LogP contribution in [0.4, 0.5) is 8.78 Å². The molecule has 0 aromatic heterocycles. The average molecular weight is 380 g/mol. The van der Waals surface area contributed by atoms with Gasteiger partial charge < -0.3 is 15.3 Å².